The van der Waals surface area contributed by atoms with Gasteiger partial charge in [-0.25, -0.2) is 0 Å². The summed E-state index contributed by atoms with van der Waals surface area (Å²) in [5.74, 6) is 0.492. The summed E-state index contributed by atoms with van der Waals surface area (Å²) in [6.07, 6.45) is 5.16. The molecule has 1 heterocycles. The Hall–Kier alpha value is -0.120. The second kappa shape index (κ2) is 7.25. The second-order valence-corrected chi connectivity index (χ2v) is 5.48. The Morgan fingerprint density at radius 2 is 2.06 bits per heavy atom. The molecule has 1 saturated heterocycles. The van der Waals surface area contributed by atoms with Crippen LogP contribution in [0.15, 0.2) is 0 Å². The summed E-state index contributed by atoms with van der Waals surface area (Å²) in [6, 6.07) is 1.39. The average Bonchev–Trinajstić information content (AvgIpc) is 2.27. The first-order valence-corrected chi connectivity index (χ1v) is 6.73. The van der Waals surface area contributed by atoms with E-state index in [1.807, 2.05) is 0 Å². The van der Waals surface area contributed by atoms with Gasteiger partial charge in [-0.3, -0.25) is 0 Å². The van der Waals surface area contributed by atoms with E-state index in [1.54, 1.807) is 0 Å². The predicted octanol–water partition coefficient (Wildman–Crippen LogP) is 1.51. The van der Waals surface area contributed by atoms with Crippen molar-refractivity contribution < 1.29 is 5.11 Å². The molecule has 1 rings (SSSR count). The van der Waals surface area contributed by atoms with E-state index < -0.39 is 0 Å². The molecule has 0 aliphatic carbocycles. The van der Waals surface area contributed by atoms with Gasteiger partial charge in [0.25, 0.3) is 0 Å². The molecular formula is C13H28N2O. The number of aliphatic hydroxyl groups excluding tert-OH is 1. The van der Waals surface area contributed by atoms with Crippen LogP contribution >= 0.6 is 0 Å². The Kier molecular flexibility index (Phi) is 6.32. The summed E-state index contributed by atoms with van der Waals surface area (Å²) in [6.45, 7) is 7.94. The number of nitrogens with one attached hydrogen (secondary N) is 2. The Balaban J connectivity index is 2.25. The lowest BCUT2D eigenvalue weighted by atomic mass is 9.97. The minimum absolute atomic E-state index is 0.235. The second-order valence-electron chi connectivity index (χ2n) is 5.48. The normalized spacial score (nSPS) is 25.7. The molecule has 1 aliphatic rings. The molecule has 3 heteroatoms. The van der Waals surface area contributed by atoms with Gasteiger partial charge in [-0.05, 0) is 38.6 Å². The highest BCUT2D eigenvalue weighted by molar-refractivity contribution is 4.80. The Labute approximate surface area is 100 Å². The van der Waals surface area contributed by atoms with Crippen molar-refractivity contribution in [2.24, 2.45) is 5.92 Å². The van der Waals surface area contributed by atoms with Gasteiger partial charge in [0.15, 0.2) is 0 Å². The highest BCUT2D eigenvalue weighted by atomic mass is 16.3. The monoisotopic (exact) mass is 228 g/mol. The number of hydrogen-bond donors (Lipinski definition) is 3. The molecule has 96 valence electrons. The minimum Gasteiger partial charge on any atom is -0.395 e. The largest absolute Gasteiger partial charge is 0.395 e. The zero-order valence-electron chi connectivity index (χ0n) is 11.0. The van der Waals surface area contributed by atoms with Gasteiger partial charge >= 0.3 is 0 Å². The molecule has 3 unspecified atom stereocenters. The number of piperidine rings is 1. The lowest BCUT2D eigenvalue weighted by Gasteiger charge is -2.30. The lowest BCUT2D eigenvalue weighted by Crippen LogP contribution is -2.46. The van der Waals surface area contributed by atoms with Gasteiger partial charge in [0.05, 0.1) is 6.61 Å². The summed E-state index contributed by atoms with van der Waals surface area (Å²) < 4.78 is 0. The van der Waals surface area contributed by atoms with E-state index in [9.17, 15) is 5.11 Å². The fourth-order valence-corrected chi connectivity index (χ4v) is 2.44. The van der Waals surface area contributed by atoms with Gasteiger partial charge in [-0.15, -0.1) is 0 Å². The highest BCUT2D eigenvalue weighted by Gasteiger charge is 2.19. The third-order valence-electron chi connectivity index (χ3n) is 3.55. The number of hydrogen-bond acceptors (Lipinski definition) is 3. The van der Waals surface area contributed by atoms with Crippen LogP contribution in [0, 0.1) is 5.92 Å². The van der Waals surface area contributed by atoms with Gasteiger partial charge in [0.1, 0.15) is 0 Å². The molecule has 0 spiro atoms. The third-order valence-corrected chi connectivity index (χ3v) is 3.55. The van der Waals surface area contributed by atoms with Gasteiger partial charge in [0, 0.05) is 18.1 Å². The molecule has 0 bridgehead atoms. The maximum Gasteiger partial charge on any atom is 0.0587 e. The Morgan fingerprint density at radius 3 is 2.56 bits per heavy atom. The van der Waals surface area contributed by atoms with E-state index in [1.165, 1.54) is 32.2 Å². The molecule has 0 aromatic heterocycles. The minimum atomic E-state index is 0.235. The highest BCUT2D eigenvalue weighted by Crippen LogP contribution is 2.13. The van der Waals surface area contributed by atoms with Gasteiger partial charge in [-0.2, -0.15) is 0 Å². The first-order valence-electron chi connectivity index (χ1n) is 6.73. The predicted molar refractivity (Wildman–Crippen MR) is 68.6 cm³/mol. The van der Waals surface area contributed by atoms with Crippen molar-refractivity contribution >= 4 is 0 Å². The van der Waals surface area contributed by atoms with E-state index in [2.05, 4.69) is 31.4 Å². The Morgan fingerprint density at radius 1 is 1.31 bits per heavy atom. The SMILES string of the molecule is CC(CC1CCCCN1)NC(CO)C(C)C. The number of rotatable bonds is 6. The van der Waals surface area contributed by atoms with E-state index in [0.29, 0.717) is 18.0 Å². The van der Waals surface area contributed by atoms with Crippen LogP contribution in [-0.4, -0.2) is 36.4 Å². The fraction of sp³-hybridized carbons (Fsp3) is 1.00. The fourth-order valence-electron chi connectivity index (χ4n) is 2.44. The van der Waals surface area contributed by atoms with Crippen LogP contribution in [0.25, 0.3) is 0 Å². The van der Waals surface area contributed by atoms with Crippen LogP contribution in [0.5, 0.6) is 0 Å². The summed E-state index contributed by atoms with van der Waals surface area (Å²) in [5, 5.41) is 16.4. The zero-order valence-corrected chi connectivity index (χ0v) is 11.0. The van der Waals surface area contributed by atoms with Gasteiger partial charge < -0.3 is 15.7 Å². The van der Waals surface area contributed by atoms with E-state index in [0.717, 1.165) is 0 Å². The molecule has 0 aromatic rings. The van der Waals surface area contributed by atoms with Crippen molar-refractivity contribution in [3.05, 3.63) is 0 Å². The van der Waals surface area contributed by atoms with E-state index >= 15 is 0 Å². The van der Waals surface area contributed by atoms with Crippen LogP contribution in [0.3, 0.4) is 0 Å². The van der Waals surface area contributed by atoms with Crippen molar-refractivity contribution in [3.63, 3.8) is 0 Å². The van der Waals surface area contributed by atoms with E-state index in [4.69, 9.17) is 0 Å². The summed E-state index contributed by atoms with van der Waals surface area (Å²) in [4.78, 5) is 0. The lowest BCUT2D eigenvalue weighted by molar-refractivity contribution is 0.194. The van der Waals surface area contributed by atoms with Gasteiger partial charge in [0.2, 0.25) is 0 Å². The van der Waals surface area contributed by atoms with E-state index in [-0.39, 0.29) is 12.6 Å². The molecule has 3 nitrogen and oxygen atoms in total. The summed E-state index contributed by atoms with van der Waals surface area (Å²) in [7, 11) is 0. The van der Waals surface area contributed by atoms with Crippen LogP contribution in [0.4, 0.5) is 0 Å². The van der Waals surface area contributed by atoms with Gasteiger partial charge in [-0.1, -0.05) is 20.3 Å². The smallest absolute Gasteiger partial charge is 0.0587 e. The van der Waals surface area contributed by atoms with Crippen molar-refractivity contribution in [2.75, 3.05) is 13.2 Å². The van der Waals surface area contributed by atoms with Crippen molar-refractivity contribution in [3.8, 4) is 0 Å². The van der Waals surface area contributed by atoms with Crippen LogP contribution in [0.2, 0.25) is 0 Å². The van der Waals surface area contributed by atoms with Crippen molar-refractivity contribution in [2.45, 2.75) is 64.6 Å². The maximum atomic E-state index is 9.27. The molecule has 0 saturated carbocycles. The number of aliphatic hydroxyl groups is 1. The molecule has 0 aromatic carbocycles. The quantitative estimate of drug-likeness (QED) is 0.646. The average molecular weight is 228 g/mol. The van der Waals surface area contributed by atoms with Crippen molar-refractivity contribution in [1.82, 2.24) is 10.6 Å². The molecule has 0 radical (unpaired) electrons. The van der Waals surface area contributed by atoms with Crippen LogP contribution in [-0.2, 0) is 0 Å². The topological polar surface area (TPSA) is 44.3 Å². The zero-order chi connectivity index (χ0) is 12.0. The van der Waals surface area contributed by atoms with Crippen LogP contribution < -0.4 is 10.6 Å². The molecule has 0 amide bonds. The molecule has 1 fully saturated rings. The van der Waals surface area contributed by atoms with Crippen LogP contribution in [0.1, 0.15) is 46.5 Å². The van der Waals surface area contributed by atoms with Crippen molar-refractivity contribution in [1.29, 1.82) is 0 Å². The molecule has 16 heavy (non-hydrogen) atoms. The molecular weight excluding hydrogens is 200 g/mol. The summed E-state index contributed by atoms with van der Waals surface area (Å²) in [5.41, 5.74) is 0. The first-order chi connectivity index (χ1) is 7.63. The molecule has 3 N–H and O–H groups in total. The maximum absolute atomic E-state index is 9.27. The summed E-state index contributed by atoms with van der Waals surface area (Å²) >= 11 is 0. The Bertz CT molecular complexity index is 179. The molecule has 3 atom stereocenters. The first kappa shape index (κ1) is 13.9. The standard InChI is InChI=1S/C13H28N2O/c1-10(2)13(9-16)15-11(3)8-12-6-4-5-7-14-12/h10-16H,4-9H2,1-3H3. The third kappa shape index (κ3) is 4.81. The molecule has 1 aliphatic heterocycles.